The smallest absolute Gasteiger partial charge is 0.188 e. The normalized spacial score (nSPS) is 15.6. The Morgan fingerprint density at radius 3 is 3.00 bits per heavy atom. The van der Waals surface area contributed by atoms with E-state index in [1.54, 1.807) is 0 Å². The number of ketones is 1. The molecule has 13 heavy (non-hydrogen) atoms. The van der Waals surface area contributed by atoms with E-state index in [0.717, 1.165) is 17.5 Å². The minimum absolute atomic E-state index is 0.108. The summed E-state index contributed by atoms with van der Waals surface area (Å²) in [6, 6.07) is 5.89. The standard InChI is InChI=1S/C11H12O2/c1-2-8-4-3-5-9-10(8)6-13-7-11(9)12/h3-5H,2,6-7H2,1H3. The highest BCUT2D eigenvalue weighted by Gasteiger charge is 2.18. The fraction of sp³-hybridized carbons (Fsp3) is 0.364. The summed E-state index contributed by atoms with van der Waals surface area (Å²) in [6.45, 7) is 2.92. The van der Waals surface area contributed by atoms with E-state index in [1.807, 2.05) is 12.1 Å². The topological polar surface area (TPSA) is 26.3 Å². The predicted octanol–water partition coefficient (Wildman–Crippen LogP) is 1.96. The third-order valence-corrected chi connectivity index (χ3v) is 2.43. The van der Waals surface area contributed by atoms with Crippen LogP contribution in [0, 0.1) is 0 Å². The van der Waals surface area contributed by atoms with Gasteiger partial charge >= 0.3 is 0 Å². The number of aryl methyl sites for hydroxylation is 1. The average Bonchev–Trinajstić information content (AvgIpc) is 2.18. The second-order valence-corrected chi connectivity index (χ2v) is 3.21. The van der Waals surface area contributed by atoms with E-state index in [9.17, 15) is 4.79 Å². The summed E-state index contributed by atoms with van der Waals surface area (Å²) in [5.41, 5.74) is 3.16. The van der Waals surface area contributed by atoms with Crippen molar-refractivity contribution < 1.29 is 9.53 Å². The molecule has 2 heteroatoms. The van der Waals surface area contributed by atoms with Gasteiger partial charge in [0.05, 0.1) is 6.61 Å². The molecule has 1 aromatic rings. The van der Waals surface area contributed by atoms with Gasteiger partial charge in [0, 0.05) is 5.56 Å². The molecule has 0 saturated heterocycles. The summed E-state index contributed by atoms with van der Waals surface area (Å²) in [7, 11) is 0. The van der Waals surface area contributed by atoms with Gasteiger partial charge in [0.1, 0.15) is 6.61 Å². The molecule has 0 saturated carbocycles. The number of hydrogen-bond acceptors (Lipinski definition) is 2. The maximum absolute atomic E-state index is 11.4. The van der Waals surface area contributed by atoms with Crippen LogP contribution in [-0.4, -0.2) is 12.4 Å². The van der Waals surface area contributed by atoms with Crippen molar-refractivity contribution in [3.05, 3.63) is 34.9 Å². The van der Waals surface area contributed by atoms with Gasteiger partial charge in [0.25, 0.3) is 0 Å². The van der Waals surface area contributed by atoms with E-state index in [2.05, 4.69) is 13.0 Å². The Hall–Kier alpha value is -1.15. The second kappa shape index (κ2) is 3.30. The van der Waals surface area contributed by atoms with Crippen LogP contribution in [0.4, 0.5) is 0 Å². The van der Waals surface area contributed by atoms with Gasteiger partial charge in [0.2, 0.25) is 0 Å². The van der Waals surface area contributed by atoms with Crippen LogP contribution in [0.1, 0.15) is 28.4 Å². The van der Waals surface area contributed by atoms with Gasteiger partial charge in [-0.2, -0.15) is 0 Å². The molecular weight excluding hydrogens is 164 g/mol. The van der Waals surface area contributed by atoms with Crippen LogP contribution in [0.3, 0.4) is 0 Å². The molecule has 1 aliphatic heterocycles. The van der Waals surface area contributed by atoms with Crippen LogP contribution < -0.4 is 0 Å². The highest BCUT2D eigenvalue weighted by Crippen LogP contribution is 2.20. The van der Waals surface area contributed by atoms with E-state index < -0.39 is 0 Å². The maximum atomic E-state index is 11.4. The van der Waals surface area contributed by atoms with Crippen LogP contribution >= 0.6 is 0 Å². The van der Waals surface area contributed by atoms with Crippen molar-refractivity contribution >= 4 is 5.78 Å². The molecule has 0 amide bonds. The lowest BCUT2D eigenvalue weighted by Crippen LogP contribution is -2.19. The molecule has 0 aliphatic carbocycles. The number of Topliss-reactive ketones (excluding diaryl/α,β-unsaturated/α-hetero) is 1. The highest BCUT2D eigenvalue weighted by molar-refractivity contribution is 5.99. The third-order valence-electron chi connectivity index (χ3n) is 2.43. The minimum atomic E-state index is 0.108. The maximum Gasteiger partial charge on any atom is 0.188 e. The zero-order valence-corrected chi connectivity index (χ0v) is 7.67. The Morgan fingerprint density at radius 1 is 1.38 bits per heavy atom. The van der Waals surface area contributed by atoms with Gasteiger partial charge in [-0.1, -0.05) is 25.1 Å². The molecule has 0 atom stereocenters. The molecule has 0 unspecified atom stereocenters. The second-order valence-electron chi connectivity index (χ2n) is 3.21. The first-order valence-electron chi connectivity index (χ1n) is 4.54. The van der Waals surface area contributed by atoms with Crippen molar-refractivity contribution in [3.8, 4) is 0 Å². The summed E-state index contributed by atoms with van der Waals surface area (Å²) in [5, 5.41) is 0. The molecule has 1 heterocycles. The van der Waals surface area contributed by atoms with Gasteiger partial charge in [-0.15, -0.1) is 0 Å². The number of ether oxygens (including phenoxy) is 1. The van der Waals surface area contributed by atoms with Crippen molar-refractivity contribution in [2.24, 2.45) is 0 Å². The number of fused-ring (bicyclic) bond motifs is 1. The first-order valence-corrected chi connectivity index (χ1v) is 4.54. The summed E-state index contributed by atoms with van der Waals surface area (Å²) >= 11 is 0. The minimum Gasteiger partial charge on any atom is -0.369 e. The Kier molecular flexibility index (Phi) is 2.15. The van der Waals surface area contributed by atoms with Crippen molar-refractivity contribution in [1.29, 1.82) is 0 Å². The van der Waals surface area contributed by atoms with E-state index in [4.69, 9.17) is 4.74 Å². The van der Waals surface area contributed by atoms with Gasteiger partial charge in [-0.3, -0.25) is 4.79 Å². The molecule has 0 radical (unpaired) electrons. The highest BCUT2D eigenvalue weighted by atomic mass is 16.5. The molecule has 1 aliphatic rings. The molecular formula is C11H12O2. The quantitative estimate of drug-likeness (QED) is 0.653. The zero-order chi connectivity index (χ0) is 9.26. The number of rotatable bonds is 1. The third kappa shape index (κ3) is 1.38. The number of hydrogen-bond donors (Lipinski definition) is 0. The lowest BCUT2D eigenvalue weighted by molar-refractivity contribution is 0.0663. The first-order chi connectivity index (χ1) is 6.33. The molecule has 2 nitrogen and oxygen atoms in total. The van der Waals surface area contributed by atoms with E-state index in [1.165, 1.54) is 5.56 Å². The molecule has 0 fully saturated rings. The molecule has 0 bridgehead atoms. The lowest BCUT2D eigenvalue weighted by Gasteiger charge is -2.17. The van der Waals surface area contributed by atoms with Crippen LogP contribution in [0.25, 0.3) is 0 Å². The fourth-order valence-corrected chi connectivity index (χ4v) is 1.72. The predicted molar refractivity (Wildman–Crippen MR) is 49.8 cm³/mol. The van der Waals surface area contributed by atoms with Crippen LogP contribution in [0.15, 0.2) is 18.2 Å². The molecule has 0 spiro atoms. The Balaban J connectivity index is 2.54. The number of carbonyl (C=O) groups is 1. The molecule has 0 aromatic heterocycles. The molecule has 2 rings (SSSR count). The summed E-state index contributed by atoms with van der Waals surface area (Å²) < 4.78 is 5.20. The molecule has 1 aromatic carbocycles. The van der Waals surface area contributed by atoms with Gasteiger partial charge < -0.3 is 4.74 Å². The monoisotopic (exact) mass is 176 g/mol. The van der Waals surface area contributed by atoms with E-state index in [0.29, 0.717) is 6.61 Å². The van der Waals surface area contributed by atoms with Gasteiger partial charge in [-0.05, 0) is 17.5 Å². The fourth-order valence-electron chi connectivity index (χ4n) is 1.72. The van der Waals surface area contributed by atoms with E-state index >= 15 is 0 Å². The van der Waals surface area contributed by atoms with Crippen LogP contribution in [-0.2, 0) is 17.8 Å². The summed E-state index contributed by atoms with van der Waals surface area (Å²) in [6.07, 6.45) is 0.958. The van der Waals surface area contributed by atoms with Crippen molar-refractivity contribution in [3.63, 3.8) is 0 Å². The first kappa shape index (κ1) is 8.45. The summed E-state index contributed by atoms with van der Waals surface area (Å²) in [5.74, 6) is 0.108. The lowest BCUT2D eigenvalue weighted by atomic mass is 9.96. The molecule has 0 N–H and O–H groups in total. The largest absolute Gasteiger partial charge is 0.369 e. The van der Waals surface area contributed by atoms with Gasteiger partial charge in [0.15, 0.2) is 5.78 Å². The Bertz CT molecular complexity index is 342. The molecule has 68 valence electrons. The zero-order valence-electron chi connectivity index (χ0n) is 7.67. The van der Waals surface area contributed by atoms with Crippen molar-refractivity contribution in [1.82, 2.24) is 0 Å². The average molecular weight is 176 g/mol. The number of benzene rings is 1. The van der Waals surface area contributed by atoms with Crippen LogP contribution in [0.2, 0.25) is 0 Å². The van der Waals surface area contributed by atoms with Crippen LogP contribution in [0.5, 0.6) is 0 Å². The SMILES string of the molecule is CCc1cccc2c1COCC2=O. The Morgan fingerprint density at radius 2 is 2.23 bits per heavy atom. The van der Waals surface area contributed by atoms with Gasteiger partial charge in [-0.25, -0.2) is 0 Å². The summed E-state index contributed by atoms with van der Waals surface area (Å²) in [4.78, 5) is 11.4. The van der Waals surface area contributed by atoms with Crippen molar-refractivity contribution in [2.75, 3.05) is 6.61 Å². The Labute approximate surface area is 77.5 Å². The van der Waals surface area contributed by atoms with Crippen molar-refractivity contribution in [2.45, 2.75) is 20.0 Å². The number of carbonyl (C=O) groups excluding carboxylic acids is 1. The van der Waals surface area contributed by atoms with E-state index in [-0.39, 0.29) is 12.4 Å².